The summed E-state index contributed by atoms with van der Waals surface area (Å²) in [5.74, 6) is -0.931. The highest BCUT2D eigenvalue weighted by atomic mass is 79.9. The molecule has 0 radical (unpaired) electrons. The van der Waals surface area contributed by atoms with Gasteiger partial charge in [-0.15, -0.1) is 11.3 Å². The molecule has 0 aliphatic heterocycles. The van der Waals surface area contributed by atoms with Crippen LogP contribution in [0.3, 0.4) is 0 Å². The average molecular weight is 408 g/mol. The molecule has 6 heteroatoms. The molecule has 4 nitrogen and oxygen atoms in total. The number of anilines is 1. The van der Waals surface area contributed by atoms with Crippen molar-refractivity contribution in [3.05, 3.63) is 56.2 Å². The topological polar surface area (TPSA) is 55.4 Å². The van der Waals surface area contributed by atoms with Gasteiger partial charge in [-0.05, 0) is 72.6 Å². The summed E-state index contributed by atoms with van der Waals surface area (Å²) in [6, 6.07) is 9.49. The first kappa shape index (κ1) is 18.4. The predicted molar refractivity (Wildman–Crippen MR) is 101 cm³/mol. The average Bonchev–Trinajstić information content (AvgIpc) is 2.93. The number of rotatable bonds is 5. The van der Waals surface area contributed by atoms with E-state index in [0.29, 0.717) is 5.69 Å². The van der Waals surface area contributed by atoms with E-state index in [0.717, 1.165) is 14.9 Å². The molecule has 0 bridgehead atoms. The molecule has 24 heavy (non-hydrogen) atoms. The first-order valence-corrected chi connectivity index (χ1v) is 8.98. The largest absolute Gasteiger partial charge is 0.449 e. The van der Waals surface area contributed by atoms with E-state index in [1.54, 1.807) is 30.4 Å². The lowest BCUT2D eigenvalue weighted by molar-refractivity contribution is -0.148. The highest BCUT2D eigenvalue weighted by Crippen LogP contribution is 2.23. The summed E-state index contributed by atoms with van der Waals surface area (Å²) < 4.78 is 5.91. The van der Waals surface area contributed by atoms with Crippen molar-refractivity contribution in [1.82, 2.24) is 0 Å². The lowest BCUT2D eigenvalue weighted by atomic mass is 10.2. The van der Waals surface area contributed by atoms with E-state index in [4.69, 9.17) is 4.74 Å². The number of benzene rings is 1. The van der Waals surface area contributed by atoms with E-state index in [-0.39, 0.29) is 5.91 Å². The van der Waals surface area contributed by atoms with Crippen LogP contribution >= 0.6 is 27.3 Å². The fourth-order valence-electron chi connectivity index (χ4n) is 1.92. The standard InChI is InChI=1S/C18H18BrNO3S/c1-11-4-8-16(15(19)10-11)20-18(22)13(3)23-17(21)9-7-14-6-5-12(2)24-14/h4-10,13H,1-3H3,(H,20,22)/b9-7+/t13-/m0/s1. The molecule has 0 fully saturated rings. The van der Waals surface area contributed by atoms with Crippen LogP contribution in [0.4, 0.5) is 5.69 Å². The van der Waals surface area contributed by atoms with E-state index < -0.39 is 12.1 Å². The van der Waals surface area contributed by atoms with Gasteiger partial charge in [0.05, 0.1) is 5.69 Å². The molecule has 2 aromatic rings. The van der Waals surface area contributed by atoms with Crippen LogP contribution in [0.2, 0.25) is 0 Å². The maximum Gasteiger partial charge on any atom is 0.331 e. The van der Waals surface area contributed by atoms with Gasteiger partial charge in [0.1, 0.15) is 0 Å². The number of aryl methyl sites for hydroxylation is 2. The van der Waals surface area contributed by atoms with Crippen LogP contribution in [0.25, 0.3) is 6.08 Å². The highest BCUT2D eigenvalue weighted by molar-refractivity contribution is 9.10. The molecule has 1 heterocycles. The van der Waals surface area contributed by atoms with E-state index in [9.17, 15) is 9.59 Å². The van der Waals surface area contributed by atoms with Gasteiger partial charge in [-0.3, -0.25) is 4.79 Å². The Kier molecular flexibility index (Phi) is 6.34. The maximum absolute atomic E-state index is 12.1. The van der Waals surface area contributed by atoms with Crippen molar-refractivity contribution in [3.8, 4) is 0 Å². The van der Waals surface area contributed by atoms with Crippen molar-refractivity contribution in [3.63, 3.8) is 0 Å². The Labute approximate surface area is 153 Å². The lowest BCUT2D eigenvalue weighted by Gasteiger charge is -2.13. The van der Waals surface area contributed by atoms with Crippen LogP contribution in [-0.4, -0.2) is 18.0 Å². The molecule has 126 valence electrons. The number of thiophene rings is 1. The van der Waals surface area contributed by atoms with Crippen molar-refractivity contribution in [1.29, 1.82) is 0 Å². The first-order valence-electron chi connectivity index (χ1n) is 7.37. The van der Waals surface area contributed by atoms with Crippen LogP contribution in [-0.2, 0) is 14.3 Å². The predicted octanol–water partition coefficient (Wildman–Crippen LogP) is 4.71. The zero-order valence-electron chi connectivity index (χ0n) is 13.6. The van der Waals surface area contributed by atoms with Gasteiger partial charge >= 0.3 is 5.97 Å². The van der Waals surface area contributed by atoms with Gasteiger partial charge in [0.15, 0.2) is 6.10 Å². The van der Waals surface area contributed by atoms with Crippen molar-refractivity contribution in [2.75, 3.05) is 5.32 Å². The van der Waals surface area contributed by atoms with Crippen molar-refractivity contribution >= 4 is 50.9 Å². The van der Waals surface area contributed by atoms with Gasteiger partial charge < -0.3 is 10.1 Å². The molecule has 0 aliphatic carbocycles. The third-order valence-electron chi connectivity index (χ3n) is 3.19. The Bertz CT molecular complexity index is 782. The zero-order chi connectivity index (χ0) is 17.7. The number of amides is 1. The van der Waals surface area contributed by atoms with Crippen molar-refractivity contribution in [2.24, 2.45) is 0 Å². The number of carbonyl (C=O) groups is 2. The van der Waals surface area contributed by atoms with Crippen LogP contribution in [0.1, 0.15) is 22.2 Å². The van der Waals surface area contributed by atoms with Crippen LogP contribution in [0.5, 0.6) is 0 Å². The molecule has 1 aromatic heterocycles. The SMILES string of the molecule is Cc1ccc(NC(=O)[C@H](C)OC(=O)/C=C/c2ccc(C)s2)c(Br)c1. The van der Waals surface area contributed by atoms with Crippen molar-refractivity contribution in [2.45, 2.75) is 26.9 Å². The molecule has 0 spiro atoms. The molecule has 0 aliphatic rings. The molecule has 0 saturated carbocycles. The Balaban J connectivity index is 1.90. The normalized spacial score (nSPS) is 12.2. The molecule has 1 aromatic carbocycles. The van der Waals surface area contributed by atoms with Gasteiger partial charge in [-0.1, -0.05) is 6.07 Å². The number of ether oxygens (including phenoxy) is 1. The van der Waals surface area contributed by atoms with Crippen LogP contribution in [0, 0.1) is 13.8 Å². The first-order chi connectivity index (χ1) is 11.3. The number of nitrogens with one attached hydrogen (secondary N) is 1. The number of esters is 1. The summed E-state index contributed by atoms with van der Waals surface area (Å²) in [6.45, 7) is 5.50. The Morgan fingerprint density at radius 2 is 2.00 bits per heavy atom. The second-order valence-electron chi connectivity index (χ2n) is 5.33. The zero-order valence-corrected chi connectivity index (χ0v) is 16.0. The summed E-state index contributed by atoms with van der Waals surface area (Å²) in [4.78, 5) is 26.1. The summed E-state index contributed by atoms with van der Waals surface area (Å²) in [7, 11) is 0. The van der Waals surface area contributed by atoms with Crippen LogP contribution in [0.15, 0.2) is 40.9 Å². The molecular weight excluding hydrogens is 390 g/mol. The molecule has 0 saturated heterocycles. The number of halogens is 1. The number of hydrogen-bond acceptors (Lipinski definition) is 4. The minimum atomic E-state index is -0.888. The minimum absolute atomic E-state index is 0.381. The van der Waals surface area contributed by atoms with E-state index in [2.05, 4.69) is 21.2 Å². The molecule has 2 rings (SSSR count). The number of hydrogen-bond donors (Lipinski definition) is 1. The third kappa shape index (κ3) is 5.32. The maximum atomic E-state index is 12.1. The number of carbonyl (C=O) groups excluding carboxylic acids is 2. The van der Waals surface area contributed by atoms with E-state index in [1.807, 2.05) is 38.1 Å². The van der Waals surface area contributed by atoms with E-state index in [1.165, 1.54) is 11.0 Å². The summed E-state index contributed by atoms with van der Waals surface area (Å²) in [6.07, 6.45) is 2.12. The van der Waals surface area contributed by atoms with Gasteiger partial charge in [-0.2, -0.15) is 0 Å². The summed E-state index contributed by atoms with van der Waals surface area (Å²) >= 11 is 4.98. The summed E-state index contributed by atoms with van der Waals surface area (Å²) in [5.41, 5.74) is 1.71. The summed E-state index contributed by atoms with van der Waals surface area (Å²) in [5, 5.41) is 2.73. The minimum Gasteiger partial charge on any atom is -0.449 e. The van der Waals surface area contributed by atoms with Gasteiger partial charge in [0.25, 0.3) is 5.91 Å². The smallest absolute Gasteiger partial charge is 0.331 e. The molecule has 1 amide bonds. The quantitative estimate of drug-likeness (QED) is 0.576. The second kappa shape index (κ2) is 8.26. The fourth-order valence-corrected chi connectivity index (χ4v) is 3.29. The Morgan fingerprint density at radius 1 is 1.25 bits per heavy atom. The third-order valence-corrected chi connectivity index (χ3v) is 4.81. The monoisotopic (exact) mass is 407 g/mol. The van der Waals surface area contributed by atoms with Crippen molar-refractivity contribution < 1.29 is 14.3 Å². The van der Waals surface area contributed by atoms with Gasteiger partial charge in [0, 0.05) is 20.3 Å². The Hall–Kier alpha value is -1.92. The Morgan fingerprint density at radius 3 is 2.62 bits per heavy atom. The molecule has 0 unspecified atom stereocenters. The lowest BCUT2D eigenvalue weighted by Crippen LogP contribution is -2.29. The highest BCUT2D eigenvalue weighted by Gasteiger charge is 2.17. The van der Waals surface area contributed by atoms with Gasteiger partial charge in [-0.25, -0.2) is 4.79 Å². The second-order valence-corrected chi connectivity index (χ2v) is 7.51. The molecule has 1 N–H and O–H groups in total. The fraction of sp³-hybridized carbons (Fsp3) is 0.222. The molecular formula is C18H18BrNO3S. The molecule has 1 atom stereocenters. The van der Waals surface area contributed by atoms with Crippen LogP contribution < -0.4 is 5.32 Å². The van der Waals surface area contributed by atoms with Gasteiger partial charge in [0.2, 0.25) is 0 Å². The van der Waals surface area contributed by atoms with E-state index >= 15 is 0 Å².